The molecule has 0 aliphatic heterocycles. The van der Waals surface area contributed by atoms with Crippen LogP contribution in [-0.2, 0) is 19.6 Å². The van der Waals surface area contributed by atoms with Crippen LogP contribution in [0.25, 0.3) is 0 Å². The van der Waals surface area contributed by atoms with Crippen molar-refractivity contribution in [2.75, 3.05) is 12.9 Å². The SMILES string of the molecule is CCCCC(C)(C)[C@H](O)C=C[C@H]1C=CC(=O)[C@@H]1CC=CCCCCOC(=O)NS(C)(=O)=O. The van der Waals surface area contributed by atoms with Crippen LogP contribution in [0.15, 0.2) is 36.5 Å². The summed E-state index contributed by atoms with van der Waals surface area (Å²) in [5, 5.41) is 10.5. The number of ether oxygens (including phenoxy) is 1. The Morgan fingerprint density at radius 1 is 1.28 bits per heavy atom. The van der Waals surface area contributed by atoms with E-state index in [1.807, 2.05) is 30.4 Å². The molecule has 0 bridgehead atoms. The molecule has 2 N–H and O–H groups in total. The largest absolute Gasteiger partial charge is 0.449 e. The number of amides is 1. The van der Waals surface area contributed by atoms with Gasteiger partial charge in [-0.05, 0) is 43.6 Å². The number of aliphatic hydroxyl groups is 1. The molecule has 0 aromatic carbocycles. The average Bonchev–Trinajstić information content (AvgIpc) is 3.04. The predicted octanol–water partition coefficient (Wildman–Crippen LogP) is 4.29. The fraction of sp³-hybridized carbons (Fsp3) is 0.667. The predicted molar refractivity (Wildman–Crippen MR) is 127 cm³/mol. The molecule has 0 saturated heterocycles. The molecule has 1 aliphatic carbocycles. The summed E-state index contributed by atoms with van der Waals surface area (Å²) in [5.74, 6) is -0.0451. The van der Waals surface area contributed by atoms with Crippen LogP contribution >= 0.6 is 0 Å². The van der Waals surface area contributed by atoms with E-state index >= 15 is 0 Å². The second kappa shape index (κ2) is 13.6. The minimum atomic E-state index is -3.60. The molecule has 0 aromatic heterocycles. The number of rotatable bonds is 14. The summed E-state index contributed by atoms with van der Waals surface area (Å²) in [6.07, 6.45) is 16.6. The average molecular weight is 470 g/mol. The van der Waals surface area contributed by atoms with Crippen molar-refractivity contribution in [3.05, 3.63) is 36.5 Å². The van der Waals surface area contributed by atoms with Gasteiger partial charge in [0.1, 0.15) is 0 Å². The van der Waals surface area contributed by atoms with Gasteiger partial charge in [0.15, 0.2) is 5.78 Å². The number of ketones is 1. The molecule has 0 heterocycles. The lowest BCUT2D eigenvalue weighted by molar-refractivity contribution is -0.117. The molecule has 0 saturated carbocycles. The van der Waals surface area contributed by atoms with Gasteiger partial charge >= 0.3 is 6.09 Å². The van der Waals surface area contributed by atoms with Crippen molar-refractivity contribution in [2.24, 2.45) is 17.3 Å². The van der Waals surface area contributed by atoms with Gasteiger partial charge in [0.05, 0.1) is 19.0 Å². The highest BCUT2D eigenvalue weighted by Gasteiger charge is 2.29. The number of hydrogen-bond donors (Lipinski definition) is 2. The van der Waals surface area contributed by atoms with Gasteiger partial charge in [0.25, 0.3) is 0 Å². The van der Waals surface area contributed by atoms with E-state index in [0.717, 1.165) is 38.4 Å². The third kappa shape index (κ3) is 11.1. The molecule has 0 radical (unpaired) electrons. The lowest BCUT2D eigenvalue weighted by atomic mass is 9.80. The monoisotopic (exact) mass is 469 g/mol. The molecule has 0 fully saturated rings. The summed E-state index contributed by atoms with van der Waals surface area (Å²) < 4.78 is 28.3. The summed E-state index contributed by atoms with van der Waals surface area (Å²) in [6, 6.07) is 0. The first-order valence-electron chi connectivity index (χ1n) is 11.3. The molecule has 32 heavy (non-hydrogen) atoms. The number of aliphatic hydroxyl groups excluding tert-OH is 1. The van der Waals surface area contributed by atoms with E-state index in [1.54, 1.807) is 10.8 Å². The number of unbranched alkanes of at least 4 members (excludes halogenated alkanes) is 3. The first kappa shape index (κ1) is 28.1. The number of carbonyl (C=O) groups is 2. The van der Waals surface area contributed by atoms with Crippen molar-refractivity contribution in [1.82, 2.24) is 4.72 Å². The number of nitrogens with one attached hydrogen (secondary N) is 1. The quantitative estimate of drug-likeness (QED) is 0.290. The van der Waals surface area contributed by atoms with Gasteiger partial charge in [-0.2, -0.15) is 0 Å². The molecule has 1 aliphatic rings. The van der Waals surface area contributed by atoms with E-state index in [9.17, 15) is 23.1 Å². The van der Waals surface area contributed by atoms with Crippen LogP contribution in [0.2, 0.25) is 0 Å². The molecule has 0 spiro atoms. The van der Waals surface area contributed by atoms with Gasteiger partial charge in [-0.25, -0.2) is 17.9 Å². The Balaban J connectivity index is 2.37. The van der Waals surface area contributed by atoms with Crippen molar-refractivity contribution < 1.29 is 27.9 Å². The summed E-state index contributed by atoms with van der Waals surface area (Å²) >= 11 is 0. The van der Waals surface area contributed by atoms with Crippen molar-refractivity contribution in [3.8, 4) is 0 Å². The van der Waals surface area contributed by atoms with Crippen LogP contribution in [0, 0.1) is 17.3 Å². The zero-order chi connectivity index (χ0) is 24.2. The van der Waals surface area contributed by atoms with Crippen LogP contribution in [-0.4, -0.2) is 44.4 Å². The normalized spacial score (nSPS) is 20.3. The lowest BCUT2D eigenvalue weighted by Gasteiger charge is -2.28. The zero-order valence-electron chi connectivity index (χ0n) is 19.7. The highest BCUT2D eigenvalue weighted by Crippen LogP contribution is 2.31. The molecule has 1 rings (SSSR count). The second-order valence-electron chi connectivity index (χ2n) is 9.08. The molecule has 182 valence electrons. The number of carbonyl (C=O) groups excluding carboxylic acids is 2. The van der Waals surface area contributed by atoms with Gasteiger partial charge in [0.2, 0.25) is 10.0 Å². The number of allylic oxidation sites excluding steroid dienone is 5. The molecule has 0 aromatic rings. The first-order chi connectivity index (χ1) is 15.0. The molecule has 1 amide bonds. The minimum absolute atomic E-state index is 0.00877. The fourth-order valence-electron chi connectivity index (χ4n) is 3.47. The topological polar surface area (TPSA) is 110 Å². The summed E-state index contributed by atoms with van der Waals surface area (Å²) in [4.78, 5) is 23.4. The molecule has 8 heteroatoms. The third-order valence-electron chi connectivity index (χ3n) is 5.63. The van der Waals surface area contributed by atoms with Crippen LogP contribution < -0.4 is 4.72 Å². The van der Waals surface area contributed by atoms with E-state index in [-0.39, 0.29) is 29.6 Å². The minimum Gasteiger partial charge on any atom is -0.449 e. The maximum atomic E-state index is 12.2. The van der Waals surface area contributed by atoms with Crippen LogP contribution in [0.3, 0.4) is 0 Å². The van der Waals surface area contributed by atoms with Gasteiger partial charge < -0.3 is 9.84 Å². The van der Waals surface area contributed by atoms with Gasteiger partial charge in [-0.3, -0.25) is 4.79 Å². The van der Waals surface area contributed by atoms with E-state index < -0.39 is 22.2 Å². The third-order valence-corrected chi connectivity index (χ3v) is 6.16. The molecule has 3 atom stereocenters. The van der Waals surface area contributed by atoms with E-state index in [2.05, 4.69) is 20.8 Å². The van der Waals surface area contributed by atoms with Crippen LogP contribution in [0.1, 0.15) is 65.7 Å². The summed E-state index contributed by atoms with van der Waals surface area (Å²) in [7, 11) is -3.60. The van der Waals surface area contributed by atoms with Gasteiger partial charge in [-0.15, -0.1) is 0 Å². The number of sulfonamides is 1. The Bertz CT molecular complexity index is 797. The second-order valence-corrected chi connectivity index (χ2v) is 10.8. The Labute approximate surface area is 193 Å². The van der Waals surface area contributed by atoms with Crippen LogP contribution in [0.5, 0.6) is 0 Å². The fourth-order valence-corrected chi connectivity index (χ4v) is 3.83. The number of hydrogen-bond acceptors (Lipinski definition) is 6. The van der Waals surface area contributed by atoms with E-state index in [1.165, 1.54) is 0 Å². The van der Waals surface area contributed by atoms with Crippen molar-refractivity contribution >= 4 is 21.9 Å². The van der Waals surface area contributed by atoms with E-state index in [4.69, 9.17) is 4.74 Å². The van der Waals surface area contributed by atoms with Crippen molar-refractivity contribution in [2.45, 2.75) is 71.8 Å². The highest BCUT2D eigenvalue weighted by molar-refractivity contribution is 7.89. The van der Waals surface area contributed by atoms with Crippen molar-refractivity contribution in [3.63, 3.8) is 0 Å². The zero-order valence-corrected chi connectivity index (χ0v) is 20.6. The Morgan fingerprint density at radius 3 is 2.66 bits per heavy atom. The van der Waals surface area contributed by atoms with Gasteiger partial charge in [0, 0.05) is 11.8 Å². The highest BCUT2D eigenvalue weighted by atomic mass is 32.2. The van der Waals surface area contributed by atoms with Crippen molar-refractivity contribution in [1.29, 1.82) is 0 Å². The van der Waals surface area contributed by atoms with E-state index in [0.29, 0.717) is 12.8 Å². The Hall–Kier alpha value is -1.93. The first-order valence-corrected chi connectivity index (χ1v) is 13.2. The Kier molecular flexibility index (Phi) is 11.9. The molecular formula is C24H39NO6S. The standard InChI is InChI=1S/C24H39NO6S/c1-5-6-17-24(2,3)22(27)16-14-19-13-15-21(26)20(19)12-10-8-7-9-11-18-31-23(28)25-32(4,29)30/h8,10,13-16,19-20,22,27H,5-7,9,11-12,17-18H2,1-4H3,(H,25,28)/t19-,20-,22-/m1/s1. The summed E-state index contributed by atoms with van der Waals surface area (Å²) in [5.41, 5.74) is -0.191. The molecule has 0 unspecified atom stereocenters. The maximum Gasteiger partial charge on any atom is 0.420 e. The summed E-state index contributed by atoms with van der Waals surface area (Å²) in [6.45, 7) is 6.41. The molecular weight excluding hydrogens is 430 g/mol. The van der Waals surface area contributed by atoms with Crippen LogP contribution in [0.4, 0.5) is 4.79 Å². The maximum absolute atomic E-state index is 12.2. The lowest BCUT2D eigenvalue weighted by Crippen LogP contribution is -2.30. The Morgan fingerprint density at radius 2 is 2.00 bits per heavy atom. The van der Waals surface area contributed by atoms with Gasteiger partial charge in [-0.1, -0.05) is 64.0 Å². The molecule has 7 nitrogen and oxygen atoms in total. The smallest absolute Gasteiger partial charge is 0.420 e.